The number of benzene rings is 2. The van der Waals surface area contributed by atoms with Crippen molar-refractivity contribution in [2.75, 3.05) is 25.0 Å². The van der Waals surface area contributed by atoms with Gasteiger partial charge in [0.2, 0.25) is 15.9 Å². The first kappa shape index (κ1) is 25.5. The first-order valence-corrected chi connectivity index (χ1v) is 13.0. The van der Waals surface area contributed by atoms with Crippen molar-refractivity contribution in [2.45, 2.75) is 32.4 Å². The molecule has 0 aromatic heterocycles. The third-order valence-corrected chi connectivity index (χ3v) is 8.15. The summed E-state index contributed by atoms with van der Waals surface area (Å²) >= 11 is 11.9. The van der Waals surface area contributed by atoms with Crippen LogP contribution in [-0.2, 0) is 25.3 Å². The molecule has 10 heteroatoms. The minimum atomic E-state index is -3.55. The Labute approximate surface area is 204 Å². The summed E-state index contributed by atoms with van der Waals surface area (Å²) in [6, 6.07) is 9.76. The molecule has 0 unspecified atom stereocenters. The molecule has 33 heavy (non-hydrogen) atoms. The zero-order valence-electron chi connectivity index (χ0n) is 18.4. The number of nitrogens with zero attached hydrogens (tertiary/aromatic N) is 1. The number of nitrogens with one attached hydrogen (secondary N) is 1. The lowest BCUT2D eigenvalue weighted by molar-refractivity contribution is -0.120. The highest BCUT2D eigenvalue weighted by molar-refractivity contribution is 7.88. The van der Waals surface area contributed by atoms with Crippen LogP contribution in [0.15, 0.2) is 36.4 Å². The summed E-state index contributed by atoms with van der Waals surface area (Å²) in [5.41, 5.74) is 2.28. The third kappa shape index (κ3) is 6.47. The first-order valence-electron chi connectivity index (χ1n) is 10.6. The van der Waals surface area contributed by atoms with E-state index in [1.54, 1.807) is 43.3 Å². The number of sulfonamides is 1. The Balaban J connectivity index is 1.60. The highest BCUT2D eigenvalue weighted by Crippen LogP contribution is 2.27. The highest BCUT2D eigenvalue weighted by atomic mass is 35.5. The van der Waals surface area contributed by atoms with Gasteiger partial charge in [0.15, 0.2) is 0 Å². The number of carbonyl (C=O) groups is 2. The van der Waals surface area contributed by atoms with Crippen molar-refractivity contribution in [3.8, 4) is 0 Å². The average Bonchev–Trinajstić information content (AvgIpc) is 2.78. The van der Waals surface area contributed by atoms with Crippen molar-refractivity contribution >= 4 is 50.8 Å². The number of hydrogen-bond donors (Lipinski definition) is 1. The van der Waals surface area contributed by atoms with Crippen molar-refractivity contribution in [3.05, 3.63) is 63.1 Å². The van der Waals surface area contributed by atoms with E-state index in [0.717, 1.165) is 5.56 Å². The van der Waals surface area contributed by atoms with Crippen LogP contribution in [0.4, 0.5) is 5.69 Å². The van der Waals surface area contributed by atoms with Crippen LogP contribution < -0.4 is 5.32 Å². The largest absolute Gasteiger partial charge is 0.462 e. The number of esters is 1. The number of rotatable bonds is 7. The molecule has 0 saturated carbocycles. The molecule has 1 fully saturated rings. The fraction of sp³-hybridized carbons (Fsp3) is 0.391. The normalized spacial score (nSPS) is 15.3. The van der Waals surface area contributed by atoms with Crippen molar-refractivity contribution in [1.29, 1.82) is 0 Å². The molecule has 0 radical (unpaired) electrons. The van der Waals surface area contributed by atoms with E-state index in [4.69, 9.17) is 27.9 Å². The second-order valence-electron chi connectivity index (χ2n) is 7.92. The van der Waals surface area contributed by atoms with Crippen LogP contribution in [0.5, 0.6) is 0 Å². The molecule has 178 valence electrons. The van der Waals surface area contributed by atoms with Gasteiger partial charge in [-0.2, -0.15) is 0 Å². The van der Waals surface area contributed by atoms with E-state index in [1.807, 2.05) is 6.92 Å². The fourth-order valence-corrected chi connectivity index (χ4v) is 5.53. The van der Waals surface area contributed by atoms with Crippen LogP contribution in [0.2, 0.25) is 10.0 Å². The number of aryl methyl sites for hydroxylation is 1. The fourth-order valence-electron chi connectivity index (χ4n) is 3.66. The topological polar surface area (TPSA) is 92.8 Å². The number of ether oxygens (including phenoxy) is 1. The predicted octanol–water partition coefficient (Wildman–Crippen LogP) is 4.66. The number of carbonyl (C=O) groups excluding carboxylic acids is 2. The van der Waals surface area contributed by atoms with Crippen LogP contribution >= 0.6 is 23.2 Å². The summed E-state index contributed by atoms with van der Waals surface area (Å²) in [5.74, 6) is -1.15. The Morgan fingerprint density at radius 3 is 2.42 bits per heavy atom. The van der Waals surface area contributed by atoms with Crippen molar-refractivity contribution in [2.24, 2.45) is 5.92 Å². The molecule has 0 aliphatic carbocycles. The molecule has 7 nitrogen and oxygen atoms in total. The van der Waals surface area contributed by atoms with Gasteiger partial charge >= 0.3 is 5.97 Å². The zero-order valence-corrected chi connectivity index (χ0v) is 20.8. The van der Waals surface area contributed by atoms with Crippen LogP contribution in [0.25, 0.3) is 0 Å². The van der Waals surface area contributed by atoms with E-state index in [2.05, 4.69) is 5.32 Å². The summed E-state index contributed by atoms with van der Waals surface area (Å²) in [6.07, 6.45) is 0.812. The molecular formula is C23H26Cl2N2O5S. The number of amides is 1. The van der Waals surface area contributed by atoms with E-state index in [1.165, 1.54) is 4.31 Å². The molecule has 2 aromatic rings. The van der Waals surface area contributed by atoms with Crippen molar-refractivity contribution < 1.29 is 22.7 Å². The molecular weight excluding hydrogens is 487 g/mol. The highest BCUT2D eigenvalue weighted by Gasteiger charge is 2.31. The van der Waals surface area contributed by atoms with E-state index in [9.17, 15) is 18.0 Å². The Hall–Kier alpha value is -2.13. The molecule has 1 heterocycles. The standard InChI is InChI=1S/C23H26Cl2N2O5S/c1-3-32-23(29)18-6-4-15(2)21(13-18)26-22(28)17-8-10-27(11-9-17)33(30,31)14-16-5-7-19(24)20(25)12-16/h4-7,12-13,17H,3,8-11,14H2,1-2H3,(H,26,28). The van der Waals surface area contributed by atoms with Crippen LogP contribution in [0.1, 0.15) is 41.3 Å². The minimum absolute atomic E-state index is 0.180. The van der Waals surface area contributed by atoms with Gasteiger partial charge in [0.05, 0.1) is 28.0 Å². The Morgan fingerprint density at radius 2 is 1.79 bits per heavy atom. The molecule has 1 saturated heterocycles. The molecule has 2 aromatic carbocycles. The van der Waals surface area contributed by atoms with Crippen molar-refractivity contribution in [1.82, 2.24) is 4.31 Å². The van der Waals surface area contributed by atoms with Gasteiger partial charge < -0.3 is 10.1 Å². The van der Waals surface area contributed by atoms with Gasteiger partial charge in [0.1, 0.15) is 0 Å². The predicted molar refractivity (Wildman–Crippen MR) is 129 cm³/mol. The van der Waals surface area contributed by atoms with Gasteiger partial charge in [0.25, 0.3) is 0 Å². The lowest BCUT2D eigenvalue weighted by Gasteiger charge is -2.30. The van der Waals surface area contributed by atoms with E-state index in [0.29, 0.717) is 39.7 Å². The molecule has 0 atom stereocenters. The molecule has 1 amide bonds. The SMILES string of the molecule is CCOC(=O)c1ccc(C)c(NC(=O)C2CCN(S(=O)(=O)Cc3ccc(Cl)c(Cl)c3)CC2)c1. The maximum Gasteiger partial charge on any atom is 0.338 e. The Bertz CT molecular complexity index is 1150. The zero-order chi connectivity index (χ0) is 24.2. The van der Waals surface area contributed by atoms with E-state index in [-0.39, 0.29) is 37.3 Å². The summed E-state index contributed by atoms with van der Waals surface area (Å²) < 4.78 is 32.1. The van der Waals surface area contributed by atoms with Gasteiger partial charge in [-0.1, -0.05) is 35.3 Å². The minimum Gasteiger partial charge on any atom is -0.462 e. The lowest BCUT2D eigenvalue weighted by Crippen LogP contribution is -2.41. The average molecular weight is 513 g/mol. The maximum atomic E-state index is 12.8. The number of halogens is 2. The third-order valence-electron chi connectivity index (χ3n) is 5.56. The Kier molecular flexibility index (Phi) is 8.39. The molecule has 3 rings (SSSR count). The van der Waals surface area contributed by atoms with Crippen LogP contribution in [0.3, 0.4) is 0 Å². The van der Waals surface area contributed by atoms with E-state index < -0.39 is 16.0 Å². The lowest BCUT2D eigenvalue weighted by atomic mass is 9.97. The monoisotopic (exact) mass is 512 g/mol. The number of hydrogen-bond acceptors (Lipinski definition) is 5. The van der Waals surface area contributed by atoms with Gasteiger partial charge in [-0.05, 0) is 62.1 Å². The second-order valence-corrected chi connectivity index (χ2v) is 10.7. The van der Waals surface area contributed by atoms with Crippen molar-refractivity contribution in [3.63, 3.8) is 0 Å². The van der Waals surface area contributed by atoms with Gasteiger partial charge in [-0.15, -0.1) is 0 Å². The summed E-state index contributed by atoms with van der Waals surface area (Å²) in [6.45, 7) is 4.34. The Morgan fingerprint density at radius 1 is 1.09 bits per heavy atom. The van der Waals surface area contributed by atoms with Crippen LogP contribution in [-0.4, -0.2) is 44.3 Å². The quantitative estimate of drug-likeness (QED) is 0.544. The molecule has 1 aliphatic heterocycles. The summed E-state index contributed by atoms with van der Waals surface area (Å²) in [7, 11) is -3.55. The van der Waals surface area contributed by atoms with Gasteiger partial charge in [-0.3, -0.25) is 4.79 Å². The molecule has 1 aliphatic rings. The molecule has 1 N–H and O–H groups in total. The molecule has 0 bridgehead atoms. The number of piperidine rings is 1. The van der Waals surface area contributed by atoms with Gasteiger partial charge in [0, 0.05) is 24.7 Å². The van der Waals surface area contributed by atoms with Crippen LogP contribution in [0, 0.1) is 12.8 Å². The van der Waals surface area contributed by atoms with E-state index >= 15 is 0 Å². The van der Waals surface area contributed by atoms with Gasteiger partial charge in [-0.25, -0.2) is 17.5 Å². The maximum absolute atomic E-state index is 12.8. The summed E-state index contributed by atoms with van der Waals surface area (Å²) in [5, 5.41) is 3.56. The molecule has 0 spiro atoms. The summed E-state index contributed by atoms with van der Waals surface area (Å²) in [4.78, 5) is 24.8. The number of anilines is 1. The first-order chi connectivity index (χ1) is 15.6. The second kappa shape index (κ2) is 10.9. The smallest absolute Gasteiger partial charge is 0.338 e.